The molecule has 0 heterocycles. The molecule has 0 radical (unpaired) electrons. The summed E-state index contributed by atoms with van der Waals surface area (Å²) in [6.07, 6.45) is 0.907. The highest BCUT2D eigenvalue weighted by Crippen LogP contribution is 2.10. The van der Waals surface area contributed by atoms with Gasteiger partial charge >= 0.3 is 0 Å². The summed E-state index contributed by atoms with van der Waals surface area (Å²) in [5, 5.41) is 3.43. The Morgan fingerprint density at radius 3 is 2.67 bits per heavy atom. The first-order valence-corrected chi connectivity index (χ1v) is 7.21. The predicted octanol–water partition coefficient (Wildman–Crippen LogP) is 3.61. The van der Waals surface area contributed by atoms with Gasteiger partial charge in [-0.1, -0.05) is 30.3 Å². The SMILES string of the molecule is COCc1cccc(CNCCc2ccc(F)cc2C)c1. The van der Waals surface area contributed by atoms with Crippen molar-refractivity contribution in [2.45, 2.75) is 26.5 Å². The van der Waals surface area contributed by atoms with Crippen LogP contribution in [0, 0.1) is 12.7 Å². The van der Waals surface area contributed by atoms with Crippen molar-refractivity contribution >= 4 is 0 Å². The molecule has 0 atom stereocenters. The molecule has 0 fully saturated rings. The minimum absolute atomic E-state index is 0.167. The minimum atomic E-state index is -0.167. The number of nitrogens with one attached hydrogen (secondary N) is 1. The summed E-state index contributed by atoms with van der Waals surface area (Å²) in [4.78, 5) is 0. The fraction of sp³-hybridized carbons (Fsp3) is 0.333. The van der Waals surface area contributed by atoms with Crippen LogP contribution < -0.4 is 5.32 Å². The lowest BCUT2D eigenvalue weighted by Gasteiger charge is -2.09. The van der Waals surface area contributed by atoms with Crippen molar-refractivity contribution in [2.24, 2.45) is 0 Å². The van der Waals surface area contributed by atoms with Crippen LogP contribution in [-0.4, -0.2) is 13.7 Å². The second-order valence-electron chi connectivity index (χ2n) is 5.25. The van der Waals surface area contributed by atoms with Crippen molar-refractivity contribution < 1.29 is 9.13 Å². The molecule has 3 heteroatoms. The van der Waals surface area contributed by atoms with Gasteiger partial charge in [0.1, 0.15) is 5.82 Å². The van der Waals surface area contributed by atoms with Gasteiger partial charge < -0.3 is 10.1 Å². The van der Waals surface area contributed by atoms with Crippen LogP contribution in [-0.2, 0) is 24.3 Å². The molecule has 112 valence electrons. The molecule has 2 nitrogen and oxygen atoms in total. The molecular weight excluding hydrogens is 265 g/mol. The van der Waals surface area contributed by atoms with E-state index in [9.17, 15) is 4.39 Å². The van der Waals surface area contributed by atoms with Gasteiger partial charge in [-0.05, 0) is 54.3 Å². The summed E-state index contributed by atoms with van der Waals surface area (Å²) in [5.41, 5.74) is 4.64. The van der Waals surface area contributed by atoms with Gasteiger partial charge in [0.25, 0.3) is 0 Å². The second-order valence-corrected chi connectivity index (χ2v) is 5.25. The third kappa shape index (κ3) is 4.96. The van der Waals surface area contributed by atoms with Crippen LogP contribution >= 0.6 is 0 Å². The quantitative estimate of drug-likeness (QED) is 0.785. The molecule has 21 heavy (non-hydrogen) atoms. The third-order valence-electron chi connectivity index (χ3n) is 3.51. The van der Waals surface area contributed by atoms with Crippen LogP contribution in [0.15, 0.2) is 42.5 Å². The molecule has 2 aromatic carbocycles. The molecule has 0 aromatic heterocycles. The zero-order valence-electron chi connectivity index (χ0n) is 12.7. The first-order chi connectivity index (χ1) is 10.2. The average molecular weight is 287 g/mol. The van der Waals surface area contributed by atoms with Gasteiger partial charge in [0.15, 0.2) is 0 Å². The van der Waals surface area contributed by atoms with E-state index < -0.39 is 0 Å². The monoisotopic (exact) mass is 287 g/mol. The lowest BCUT2D eigenvalue weighted by molar-refractivity contribution is 0.185. The maximum atomic E-state index is 13.0. The fourth-order valence-electron chi connectivity index (χ4n) is 2.39. The predicted molar refractivity (Wildman–Crippen MR) is 83.7 cm³/mol. The van der Waals surface area contributed by atoms with Crippen LogP contribution in [0.1, 0.15) is 22.3 Å². The van der Waals surface area contributed by atoms with Gasteiger partial charge in [0.05, 0.1) is 6.61 Å². The third-order valence-corrected chi connectivity index (χ3v) is 3.51. The highest BCUT2D eigenvalue weighted by atomic mass is 19.1. The van der Waals surface area contributed by atoms with E-state index in [0.29, 0.717) is 6.61 Å². The number of aryl methyl sites for hydroxylation is 1. The number of methoxy groups -OCH3 is 1. The molecule has 0 bridgehead atoms. The molecule has 0 saturated heterocycles. The van der Waals surface area contributed by atoms with Crippen LogP contribution in [0.3, 0.4) is 0 Å². The van der Waals surface area contributed by atoms with E-state index in [0.717, 1.165) is 25.1 Å². The molecule has 1 N–H and O–H groups in total. The van der Waals surface area contributed by atoms with Crippen molar-refractivity contribution in [2.75, 3.05) is 13.7 Å². The number of hydrogen-bond donors (Lipinski definition) is 1. The molecule has 0 spiro atoms. The molecule has 0 amide bonds. The van der Waals surface area contributed by atoms with Crippen LogP contribution in [0.2, 0.25) is 0 Å². The van der Waals surface area contributed by atoms with Crippen LogP contribution in [0.5, 0.6) is 0 Å². The molecular formula is C18H22FNO. The average Bonchev–Trinajstić information content (AvgIpc) is 2.46. The van der Waals surface area contributed by atoms with E-state index in [1.165, 1.54) is 22.8 Å². The highest BCUT2D eigenvalue weighted by Gasteiger charge is 2.00. The Balaban J connectivity index is 1.80. The lowest BCUT2D eigenvalue weighted by atomic mass is 10.1. The number of hydrogen-bond acceptors (Lipinski definition) is 2. The Labute approximate surface area is 126 Å². The largest absolute Gasteiger partial charge is 0.380 e. The van der Waals surface area contributed by atoms with Crippen molar-refractivity contribution in [1.82, 2.24) is 5.32 Å². The minimum Gasteiger partial charge on any atom is -0.380 e. The number of ether oxygens (including phenoxy) is 1. The second kappa shape index (κ2) is 7.91. The Morgan fingerprint density at radius 1 is 1.10 bits per heavy atom. The van der Waals surface area contributed by atoms with Gasteiger partial charge in [0, 0.05) is 13.7 Å². The van der Waals surface area contributed by atoms with Crippen LogP contribution in [0.25, 0.3) is 0 Å². The first-order valence-electron chi connectivity index (χ1n) is 7.21. The van der Waals surface area contributed by atoms with E-state index in [1.54, 1.807) is 13.2 Å². The number of rotatable bonds is 7. The van der Waals surface area contributed by atoms with E-state index in [-0.39, 0.29) is 5.82 Å². The van der Waals surface area contributed by atoms with Crippen LogP contribution in [0.4, 0.5) is 4.39 Å². The normalized spacial score (nSPS) is 10.8. The smallest absolute Gasteiger partial charge is 0.123 e. The van der Waals surface area contributed by atoms with E-state index in [2.05, 4.69) is 29.6 Å². The molecule has 2 aromatic rings. The molecule has 0 unspecified atom stereocenters. The molecule has 0 saturated carbocycles. The van der Waals surface area contributed by atoms with Gasteiger partial charge in [-0.15, -0.1) is 0 Å². The maximum Gasteiger partial charge on any atom is 0.123 e. The maximum absolute atomic E-state index is 13.0. The molecule has 0 aliphatic carbocycles. The summed E-state index contributed by atoms with van der Waals surface area (Å²) in [5.74, 6) is -0.167. The zero-order valence-corrected chi connectivity index (χ0v) is 12.7. The summed E-state index contributed by atoms with van der Waals surface area (Å²) in [7, 11) is 1.70. The fourth-order valence-corrected chi connectivity index (χ4v) is 2.39. The Bertz CT molecular complexity index is 583. The number of benzene rings is 2. The number of halogens is 1. The van der Waals surface area contributed by atoms with Crippen molar-refractivity contribution in [3.05, 3.63) is 70.5 Å². The summed E-state index contributed by atoms with van der Waals surface area (Å²) in [6.45, 7) is 4.30. The first kappa shape index (κ1) is 15.7. The highest BCUT2D eigenvalue weighted by molar-refractivity contribution is 5.27. The topological polar surface area (TPSA) is 21.3 Å². The van der Waals surface area contributed by atoms with E-state index in [1.807, 2.05) is 13.0 Å². The summed E-state index contributed by atoms with van der Waals surface area (Å²) < 4.78 is 18.2. The van der Waals surface area contributed by atoms with E-state index >= 15 is 0 Å². The zero-order chi connectivity index (χ0) is 15.1. The van der Waals surface area contributed by atoms with Gasteiger partial charge in [-0.3, -0.25) is 0 Å². The van der Waals surface area contributed by atoms with Crippen molar-refractivity contribution in [1.29, 1.82) is 0 Å². The molecule has 0 aliphatic rings. The molecule has 2 rings (SSSR count). The van der Waals surface area contributed by atoms with E-state index in [4.69, 9.17) is 4.74 Å². The summed E-state index contributed by atoms with van der Waals surface area (Å²) in [6, 6.07) is 13.4. The van der Waals surface area contributed by atoms with Gasteiger partial charge in [-0.25, -0.2) is 4.39 Å². The Hall–Kier alpha value is -1.71. The van der Waals surface area contributed by atoms with Gasteiger partial charge in [-0.2, -0.15) is 0 Å². The van der Waals surface area contributed by atoms with Crippen molar-refractivity contribution in [3.63, 3.8) is 0 Å². The standard InChI is InChI=1S/C18H22FNO/c1-14-10-18(19)7-6-17(14)8-9-20-12-15-4-3-5-16(11-15)13-21-2/h3-7,10-11,20H,8-9,12-13H2,1-2H3. The Kier molecular flexibility index (Phi) is 5.90. The van der Waals surface area contributed by atoms with Crippen molar-refractivity contribution in [3.8, 4) is 0 Å². The molecule has 0 aliphatic heterocycles. The Morgan fingerprint density at radius 2 is 1.90 bits per heavy atom. The van der Waals surface area contributed by atoms with Gasteiger partial charge in [0.2, 0.25) is 0 Å². The lowest BCUT2D eigenvalue weighted by Crippen LogP contribution is -2.17. The summed E-state index contributed by atoms with van der Waals surface area (Å²) >= 11 is 0.